The zero-order chi connectivity index (χ0) is 14.0. The molecule has 3 rings (SSSR count). The molecule has 0 atom stereocenters. The second kappa shape index (κ2) is 5.25. The molecule has 0 radical (unpaired) electrons. The van der Waals surface area contributed by atoms with Crippen LogP contribution >= 0.6 is 0 Å². The summed E-state index contributed by atoms with van der Waals surface area (Å²) < 4.78 is 10.4. The van der Waals surface area contributed by atoms with Crippen LogP contribution in [0.15, 0.2) is 28.8 Å². The first-order valence-corrected chi connectivity index (χ1v) is 6.90. The highest BCUT2D eigenvalue weighted by molar-refractivity contribution is 5.28. The zero-order valence-electron chi connectivity index (χ0n) is 11.6. The van der Waals surface area contributed by atoms with E-state index in [0.717, 1.165) is 24.2 Å². The highest BCUT2D eigenvalue weighted by Crippen LogP contribution is 2.31. The third-order valence-corrected chi connectivity index (χ3v) is 3.88. The van der Waals surface area contributed by atoms with Gasteiger partial charge in [0.25, 0.3) is 0 Å². The van der Waals surface area contributed by atoms with Crippen LogP contribution in [-0.2, 0) is 12.8 Å². The van der Waals surface area contributed by atoms with Gasteiger partial charge in [-0.05, 0) is 37.0 Å². The average molecular weight is 273 g/mol. The van der Waals surface area contributed by atoms with Crippen molar-refractivity contribution in [2.75, 3.05) is 7.11 Å². The molecule has 1 aliphatic rings. The quantitative estimate of drug-likeness (QED) is 0.903. The Morgan fingerprint density at radius 2 is 2.05 bits per heavy atom. The minimum absolute atomic E-state index is 0.121. The number of rotatable bonds is 5. The molecule has 0 amide bonds. The normalized spacial score (nSPS) is 16.7. The van der Waals surface area contributed by atoms with Crippen molar-refractivity contribution < 1.29 is 9.26 Å². The van der Waals surface area contributed by atoms with E-state index in [0.29, 0.717) is 24.6 Å². The third kappa shape index (κ3) is 2.82. The van der Waals surface area contributed by atoms with E-state index in [1.807, 2.05) is 24.3 Å². The molecule has 1 heterocycles. The second-order valence-electron chi connectivity index (χ2n) is 5.52. The molecule has 0 spiro atoms. The van der Waals surface area contributed by atoms with Gasteiger partial charge in [0.05, 0.1) is 7.11 Å². The van der Waals surface area contributed by atoms with Crippen molar-refractivity contribution in [3.8, 4) is 5.75 Å². The smallest absolute Gasteiger partial charge is 0.228 e. The van der Waals surface area contributed by atoms with Gasteiger partial charge >= 0.3 is 0 Å². The maximum Gasteiger partial charge on any atom is 0.228 e. The summed E-state index contributed by atoms with van der Waals surface area (Å²) in [5.41, 5.74) is 7.19. The second-order valence-corrected chi connectivity index (χ2v) is 5.52. The fourth-order valence-corrected chi connectivity index (χ4v) is 2.47. The lowest BCUT2D eigenvalue weighted by Crippen LogP contribution is -2.48. The summed E-state index contributed by atoms with van der Waals surface area (Å²) in [6.45, 7) is 0. The van der Waals surface area contributed by atoms with Gasteiger partial charge in [-0.3, -0.25) is 0 Å². The van der Waals surface area contributed by atoms with Crippen molar-refractivity contribution in [3.63, 3.8) is 0 Å². The molecule has 0 saturated heterocycles. The monoisotopic (exact) mass is 273 g/mol. The molecule has 1 fully saturated rings. The molecule has 1 aromatic carbocycles. The van der Waals surface area contributed by atoms with E-state index < -0.39 is 0 Å². The standard InChI is InChI=1S/C15H19N3O2/c1-19-12-5-3-11(4-6-12)9-13-17-14(20-18-13)10-15(16)7-2-8-15/h3-6H,2,7-10,16H2,1H3. The van der Waals surface area contributed by atoms with Crippen LogP contribution in [0.1, 0.15) is 36.5 Å². The summed E-state index contributed by atoms with van der Waals surface area (Å²) in [5.74, 6) is 2.20. The number of aromatic nitrogens is 2. The Kier molecular flexibility index (Phi) is 3.44. The summed E-state index contributed by atoms with van der Waals surface area (Å²) in [5, 5.41) is 4.02. The Morgan fingerprint density at radius 1 is 1.30 bits per heavy atom. The van der Waals surface area contributed by atoms with Gasteiger partial charge in [-0.15, -0.1) is 0 Å². The van der Waals surface area contributed by atoms with Crippen LogP contribution in [0.3, 0.4) is 0 Å². The lowest BCUT2D eigenvalue weighted by molar-refractivity contribution is 0.221. The van der Waals surface area contributed by atoms with Gasteiger partial charge in [-0.1, -0.05) is 17.3 Å². The maximum atomic E-state index is 6.19. The van der Waals surface area contributed by atoms with Gasteiger partial charge in [0.2, 0.25) is 5.89 Å². The van der Waals surface area contributed by atoms with E-state index in [-0.39, 0.29) is 5.54 Å². The molecule has 2 N–H and O–H groups in total. The first-order valence-electron chi connectivity index (χ1n) is 6.90. The Balaban J connectivity index is 1.64. The summed E-state index contributed by atoms with van der Waals surface area (Å²) in [6, 6.07) is 7.87. The van der Waals surface area contributed by atoms with Crippen LogP contribution < -0.4 is 10.5 Å². The number of hydrogen-bond donors (Lipinski definition) is 1. The average Bonchev–Trinajstić information content (AvgIpc) is 2.85. The van der Waals surface area contributed by atoms with E-state index in [9.17, 15) is 0 Å². The molecular weight excluding hydrogens is 254 g/mol. The van der Waals surface area contributed by atoms with E-state index in [1.165, 1.54) is 6.42 Å². The Labute approximate surface area is 118 Å². The van der Waals surface area contributed by atoms with Gasteiger partial charge in [-0.2, -0.15) is 4.98 Å². The van der Waals surface area contributed by atoms with Gasteiger partial charge in [0, 0.05) is 18.4 Å². The van der Waals surface area contributed by atoms with E-state index in [1.54, 1.807) is 7.11 Å². The summed E-state index contributed by atoms with van der Waals surface area (Å²) in [7, 11) is 1.66. The molecule has 1 aromatic heterocycles. The van der Waals surface area contributed by atoms with E-state index in [2.05, 4.69) is 10.1 Å². The number of ether oxygens (including phenoxy) is 1. The van der Waals surface area contributed by atoms with Crippen molar-refractivity contribution in [2.45, 2.75) is 37.6 Å². The third-order valence-electron chi connectivity index (χ3n) is 3.88. The molecule has 0 bridgehead atoms. The van der Waals surface area contributed by atoms with Gasteiger partial charge < -0.3 is 15.0 Å². The number of hydrogen-bond acceptors (Lipinski definition) is 5. The molecule has 0 unspecified atom stereocenters. The minimum atomic E-state index is -0.121. The first kappa shape index (κ1) is 13.1. The van der Waals surface area contributed by atoms with Crippen LogP contribution in [0.2, 0.25) is 0 Å². The van der Waals surface area contributed by atoms with Crippen LogP contribution in [0.25, 0.3) is 0 Å². The summed E-state index contributed by atoms with van der Waals surface area (Å²) in [6.07, 6.45) is 4.63. The molecule has 20 heavy (non-hydrogen) atoms. The first-order chi connectivity index (χ1) is 9.67. The lowest BCUT2D eigenvalue weighted by Gasteiger charge is -2.36. The maximum absolute atomic E-state index is 6.19. The molecule has 2 aromatic rings. The zero-order valence-corrected chi connectivity index (χ0v) is 11.6. The summed E-state index contributed by atoms with van der Waals surface area (Å²) in [4.78, 5) is 4.43. The molecule has 1 aliphatic carbocycles. The lowest BCUT2D eigenvalue weighted by atomic mass is 9.75. The molecule has 5 heteroatoms. The Hall–Kier alpha value is -1.88. The van der Waals surface area contributed by atoms with Crippen molar-refractivity contribution in [2.24, 2.45) is 5.73 Å². The highest BCUT2D eigenvalue weighted by atomic mass is 16.5. The fraction of sp³-hybridized carbons (Fsp3) is 0.467. The van der Waals surface area contributed by atoms with E-state index >= 15 is 0 Å². The molecule has 106 valence electrons. The van der Waals surface area contributed by atoms with Crippen LogP contribution in [0.5, 0.6) is 5.75 Å². The van der Waals surface area contributed by atoms with Gasteiger partial charge in [0.1, 0.15) is 5.75 Å². The molecule has 5 nitrogen and oxygen atoms in total. The Bertz CT molecular complexity index is 573. The molecular formula is C15H19N3O2. The molecule has 0 aliphatic heterocycles. The van der Waals surface area contributed by atoms with Crippen molar-refractivity contribution in [1.82, 2.24) is 10.1 Å². The Morgan fingerprint density at radius 3 is 2.65 bits per heavy atom. The largest absolute Gasteiger partial charge is 0.497 e. The van der Waals surface area contributed by atoms with Gasteiger partial charge in [-0.25, -0.2) is 0 Å². The number of benzene rings is 1. The SMILES string of the molecule is COc1ccc(Cc2noc(CC3(N)CCC3)n2)cc1. The van der Waals surface area contributed by atoms with E-state index in [4.69, 9.17) is 15.0 Å². The van der Waals surface area contributed by atoms with Crippen molar-refractivity contribution >= 4 is 0 Å². The predicted octanol–water partition coefficient (Wildman–Crippen LogP) is 2.09. The predicted molar refractivity (Wildman–Crippen MR) is 74.6 cm³/mol. The number of methoxy groups -OCH3 is 1. The number of nitrogens with zero attached hydrogens (tertiary/aromatic N) is 2. The fourth-order valence-electron chi connectivity index (χ4n) is 2.47. The topological polar surface area (TPSA) is 74.2 Å². The highest BCUT2D eigenvalue weighted by Gasteiger charge is 2.34. The minimum Gasteiger partial charge on any atom is -0.497 e. The van der Waals surface area contributed by atoms with Crippen LogP contribution in [0.4, 0.5) is 0 Å². The van der Waals surface area contributed by atoms with Crippen LogP contribution in [-0.4, -0.2) is 22.8 Å². The summed E-state index contributed by atoms with van der Waals surface area (Å²) >= 11 is 0. The van der Waals surface area contributed by atoms with Crippen molar-refractivity contribution in [3.05, 3.63) is 41.5 Å². The molecule has 1 saturated carbocycles. The van der Waals surface area contributed by atoms with Gasteiger partial charge in [0.15, 0.2) is 5.82 Å². The van der Waals surface area contributed by atoms with Crippen LogP contribution in [0, 0.1) is 0 Å². The number of nitrogens with two attached hydrogens (primary N) is 1. The van der Waals surface area contributed by atoms with Crippen molar-refractivity contribution in [1.29, 1.82) is 0 Å².